The fourth-order valence-corrected chi connectivity index (χ4v) is 4.18. The second-order valence-corrected chi connectivity index (χ2v) is 8.19. The maximum atomic E-state index is 13.6. The Labute approximate surface area is 172 Å². The minimum absolute atomic E-state index is 0.0850. The lowest BCUT2D eigenvalue weighted by Gasteiger charge is -2.39. The van der Waals surface area contributed by atoms with Gasteiger partial charge in [-0.05, 0) is 42.7 Å². The largest absolute Gasteiger partial charge is 0.481 e. The molecule has 0 spiro atoms. The second kappa shape index (κ2) is 7.46. The van der Waals surface area contributed by atoms with E-state index >= 15 is 0 Å². The third-order valence-corrected chi connectivity index (χ3v) is 5.72. The molecule has 1 aliphatic heterocycles. The van der Waals surface area contributed by atoms with E-state index in [2.05, 4.69) is 10.6 Å². The van der Waals surface area contributed by atoms with Crippen LogP contribution in [0.1, 0.15) is 36.1 Å². The van der Waals surface area contributed by atoms with E-state index in [1.54, 1.807) is 18.2 Å². The number of nitrogens with one attached hydrogen (secondary N) is 2. The van der Waals surface area contributed by atoms with Crippen molar-refractivity contribution >= 4 is 23.3 Å². The summed E-state index contributed by atoms with van der Waals surface area (Å²) in [4.78, 5) is 12.7. The van der Waals surface area contributed by atoms with Gasteiger partial charge in [0.2, 0.25) is 0 Å². The monoisotopic (exact) mass is 422 g/mol. The number of fused-ring (bicyclic) bond motifs is 2. The van der Waals surface area contributed by atoms with Crippen LogP contribution in [0.2, 0.25) is 5.02 Å². The summed E-state index contributed by atoms with van der Waals surface area (Å²) >= 11 is 5.99. The minimum atomic E-state index is -2.74. The van der Waals surface area contributed by atoms with Crippen LogP contribution in [0, 0.1) is 0 Å². The van der Waals surface area contributed by atoms with E-state index in [4.69, 9.17) is 16.3 Å². The van der Waals surface area contributed by atoms with Crippen molar-refractivity contribution in [2.24, 2.45) is 0 Å². The Kier molecular flexibility index (Phi) is 5.12. The van der Waals surface area contributed by atoms with Crippen LogP contribution in [-0.4, -0.2) is 29.3 Å². The standard InChI is InChI=1S/C21H21ClF2N2O3/c1-21(19(23)24)10-17(14-6-5-12(22)8-18(14)29-21)26-20(28)25-16-4-2-3-11-7-13(27)9-15(11)16/h2-6,8,13,17,19,27H,7,9-10H2,1H3,(H2,25,26,28)/t13-,17?,21?/m1/s1. The number of hydrogen-bond acceptors (Lipinski definition) is 3. The molecule has 2 amide bonds. The predicted octanol–water partition coefficient (Wildman–Crippen LogP) is 4.47. The Hall–Kier alpha value is -2.38. The Balaban J connectivity index is 1.56. The molecule has 2 aliphatic rings. The van der Waals surface area contributed by atoms with Crippen molar-refractivity contribution in [1.29, 1.82) is 0 Å². The number of halogens is 3. The SMILES string of the molecule is CC1(C(F)F)CC(NC(=O)Nc2cccc3c2C[C@H](O)C3)c2ccc(Cl)cc2O1. The number of rotatable bonds is 3. The average molecular weight is 423 g/mol. The minimum Gasteiger partial charge on any atom is -0.481 e. The van der Waals surface area contributed by atoms with Crippen molar-refractivity contribution < 1.29 is 23.4 Å². The number of anilines is 1. The van der Waals surface area contributed by atoms with Crippen molar-refractivity contribution in [3.63, 3.8) is 0 Å². The van der Waals surface area contributed by atoms with Crippen molar-refractivity contribution in [3.8, 4) is 5.75 Å². The Bertz CT molecular complexity index is 956. The van der Waals surface area contributed by atoms with E-state index in [0.717, 1.165) is 11.1 Å². The summed E-state index contributed by atoms with van der Waals surface area (Å²) in [6, 6.07) is 9.10. The molecule has 1 aliphatic carbocycles. The molecule has 5 nitrogen and oxygen atoms in total. The number of carbonyl (C=O) groups excluding carboxylic acids is 1. The van der Waals surface area contributed by atoms with Gasteiger partial charge in [0.05, 0.1) is 12.1 Å². The zero-order valence-electron chi connectivity index (χ0n) is 15.7. The summed E-state index contributed by atoms with van der Waals surface area (Å²) in [6.45, 7) is 1.32. The van der Waals surface area contributed by atoms with Crippen LogP contribution < -0.4 is 15.4 Å². The van der Waals surface area contributed by atoms with Gasteiger partial charge in [0.25, 0.3) is 6.43 Å². The lowest BCUT2D eigenvalue weighted by molar-refractivity contribution is -0.0824. The van der Waals surface area contributed by atoms with Gasteiger partial charge in [0.15, 0.2) is 5.60 Å². The molecule has 0 saturated heterocycles. The lowest BCUT2D eigenvalue weighted by atomic mass is 9.88. The molecule has 2 aromatic carbocycles. The van der Waals surface area contributed by atoms with Gasteiger partial charge in [0.1, 0.15) is 5.75 Å². The van der Waals surface area contributed by atoms with E-state index < -0.39 is 30.2 Å². The Morgan fingerprint density at radius 2 is 2.10 bits per heavy atom. The summed E-state index contributed by atoms with van der Waals surface area (Å²) in [5, 5.41) is 15.8. The van der Waals surface area contributed by atoms with Crippen LogP contribution in [0.15, 0.2) is 36.4 Å². The molecule has 29 heavy (non-hydrogen) atoms. The molecular weight excluding hydrogens is 402 g/mol. The molecule has 2 unspecified atom stereocenters. The lowest BCUT2D eigenvalue weighted by Crippen LogP contribution is -2.48. The zero-order chi connectivity index (χ0) is 20.8. The maximum Gasteiger partial charge on any atom is 0.319 e. The molecule has 0 aromatic heterocycles. The highest BCUT2D eigenvalue weighted by Gasteiger charge is 2.45. The van der Waals surface area contributed by atoms with Crippen molar-refractivity contribution in [1.82, 2.24) is 5.32 Å². The number of aliphatic hydroxyl groups excluding tert-OH is 1. The molecule has 0 bridgehead atoms. The first-order chi connectivity index (χ1) is 13.7. The fraction of sp³-hybridized carbons (Fsp3) is 0.381. The molecular formula is C21H21ClF2N2O3. The number of ether oxygens (including phenoxy) is 1. The number of urea groups is 1. The van der Waals surface area contributed by atoms with E-state index in [1.165, 1.54) is 13.0 Å². The van der Waals surface area contributed by atoms with Gasteiger partial charge < -0.3 is 20.5 Å². The van der Waals surface area contributed by atoms with Crippen LogP contribution in [0.3, 0.4) is 0 Å². The summed E-state index contributed by atoms with van der Waals surface area (Å²) in [7, 11) is 0. The highest BCUT2D eigenvalue weighted by atomic mass is 35.5. The number of benzene rings is 2. The van der Waals surface area contributed by atoms with E-state index in [-0.39, 0.29) is 12.2 Å². The van der Waals surface area contributed by atoms with Crippen molar-refractivity contribution in [2.75, 3.05) is 5.32 Å². The van der Waals surface area contributed by atoms with Gasteiger partial charge in [-0.2, -0.15) is 0 Å². The van der Waals surface area contributed by atoms with E-state index in [0.29, 0.717) is 29.1 Å². The first kappa shape index (κ1) is 19.9. The Morgan fingerprint density at radius 1 is 1.31 bits per heavy atom. The van der Waals surface area contributed by atoms with Gasteiger partial charge in [-0.1, -0.05) is 29.8 Å². The number of amides is 2. The highest BCUT2D eigenvalue weighted by Crippen LogP contribution is 2.43. The molecule has 154 valence electrons. The summed E-state index contributed by atoms with van der Waals surface area (Å²) in [6.07, 6.45) is -2.27. The summed E-state index contributed by atoms with van der Waals surface area (Å²) in [5.41, 5.74) is 1.35. The normalized spacial score (nSPS) is 25.2. The molecule has 4 rings (SSSR count). The molecule has 0 radical (unpaired) electrons. The van der Waals surface area contributed by atoms with Gasteiger partial charge >= 0.3 is 6.03 Å². The Morgan fingerprint density at radius 3 is 2.86 bits per heavy atom. The fourth-order valence-electron chi connectivity index (χ4n) is 4.02. The summed E-state index contributed by atoms with van der Waals surface area (Å²) in [5.74, 6) is 0.237. The molecule has 0 fully saturated rings. The summed E-state index contributed by atoms with van der Waals surface area (Å²) < 4.78 is 32.8. The number of alkyl halides is 2. The number of carbonyl (C=O) groups is 1. The van der Waals surface area contributed by atoms with Gasteiger partial charge in [-0.25, -0.2) is 13.6 Å². The molecule has 8 heteroatoms. The van der Waals surface area contributed by atoms with Gasteiger partial charge in [0, 0.05) is 29.1 Å². The third kappa shape index (κ3) is 3.89. The highest BCUT2D eigenvalue weighted by molar-refractivity contribution is 6.30. The molecule has 2 aromatic rings. The van der Waals surface area contributed by atoms with Crippen LogP contribution in [-0.2, 0) is 12.8 Å². The number of aliphatic hydroxyl groups is 1. The predicted molar refractivity (Wildman–Crippen MR) is 106 cm³/mol. The van der Waals surface area contributed by atoms with E-state index in [9.17, 15) is 18.7 Å². The maximum absolute atomic E-state index is 13.6. The van der Waals surface area contributed by atoms with Crippen molar-refractivity contribution in [3.05, 3.63) is 58.1 Å². The first-order valence-electron chi connectivity index (χ1n) is 9.38. The first-order valence-corrected chi connectivity index (χ1v) is 9.76. The third-order valence-electron chi connectivity index (χ3n) is 5.49. The van der Waals surface area contributed by atoms with Crippen molar-refractivity contribution in [2.45, 2.75) is 50.4 Å². The van der Waals surface area contributed by atoms with E-state index in [1.807, 2.05) is 12.1 Å². The van der Waals surface area contributed by atoms with Crippen LogP contribution in [0.5, 0.6) is 5.75 Å². The molecule has 0 saturated carbocycles. The number of hydrogen-bond donors (Lipinski definition) is 3. The quantitative estimate of drug-likeness (QED) is 0.683. The van der Waals surface area contributed by atoms with Crippen LogP contribution >= 0.6 is 11.6 Å². The smallest absolute Gasteiger partial charge is 0.319 e. The average Bonchev–Trinajstić information content (AvgIpc) is 3.02. The second-order valence-electron chi connectivity index (χ2n) is 7.76. The van der Waals surface area contributed by atoms with Gasteiger partial charge in [-0.3, -0.25) is 0 Å². The molecule has 3 N–H and O–H groups in total. The molecule has 3 atom stereocenters. The van der Waals surface area contributed by atoms with Crippen LogP contribution in [0.25, 0.3) is 0 Å². The zero-order valence-corrected chi connectivity index (χ0v) is 16.5. The van der Waals surface area contributed by atoms with Crippen LogP contribution in [0.4, 0.5) is 19.3 Å². The molecule has 1 heterocycles. The van der Waals surface area contributed by atoms with Gasteiger partial charge in [-0.15, -0.1) is 0 Å². The topological polar surface area (TPSA) is 70.6 Å².